The van der Waals surface area contributed by atoms with Gasteiger partial charge in [0.15, 0.2) is 8.32 Å². The zero-order valence-electron chi connectivity index (χ0n) is 19.6. The number of aliphatic hydroxyl groups is 1. The van der Waals surface area contributed by atoms with Gasteiger partial charge in [-0.05, 0) is 31.0 Å². The second-order valence-corrected chi connectivity index (χ2v) is 14.4. The summed E-state index contributed by atoms with van der Waals surface area (Å²) in [6.07, 6.45) is 13.0. The maximum absolute atomic E-state index is 11.9. The summed E-state index contributed by atoms with van der Waals surface area (Å²) in [4.78, 5) is 11.9. The molecule has 0 saturated heterocycles. The van der Waals surface area contributed by atoms with E-state index in [1.807, 2.05) is 0 Å². The third-order valence-corrected chi connectivity index (χ3v) is 10.4. The van der Waals surface area contributed by atoms with Gasteiger partial charge >= 0.3 is 5.97 Å². The summed E-state index contributed by atoms with van der Waals surface area (Å²) < 4.78 is 11.8. The summed E-state index contributed by atoms with van der Waals surface area (Å²) in [5, 5.41) is 9.45. The van der Waals surface area contributed by atoms with Crippen LogP contribution in [0.15, 0.2) is 0 Å². The SMILES string of the molecule is CCCCCCCCCCCC(=O)OCCC(CCO)O[Si](C)(C)C(C)(C)C. The fourth-order valence-corrected chi connectivity index (χ4v) is 4.38. The molecule has 0 bridgehead atoms. The molecule has 0 rings (SSSR count). The summed E-state index contributed by atoms with van der Waals surface area (Å²) in [5.41, 5.74) is 0. The molecule has 0 aromatic heterocycles. The molecular formula is C23H48O4Si. The van der Waals surface area contributed by atoms with E-state index < -0.39 is 8.32 Å². The second kappa shape index (κ2) is 15.4. The Morgan fingerprint density at radius 1 is 0.929 bits per heavy atom. The van der Waals surface area contributed by atoms with Crippen LogP contribution in [-0.4, -0.2) is 38.7 Å². The van der Waals surface area contributed by atoms with Crippen LogP contribution in [0.4, 0.5) is 0 Å². The van der Waals surface area contributed by atoms with E-state index >= 15 is 0 Å². The summed E-state index contributed by atoms with van der Waals surface area (Å²) in [7, 11) is -1.88. The Balaban J connectivity index is 3.89. The molecule has 1 atom stereocenters. The molecule has 4 nitrogen and oxygen atoms in total. The highest BCUT2D eigenvalue weighted by molar-refractivity contribution is 6.74. The fraction of sp³-hybridized carbons (Fsp3) is 0.957. The quantitative estimate of drug-likeness (QED) is 0.165. The standard InChI is InChI=1S/C23H48O4Si/c1-7-8-9-10-11-12-13-14-15-16-22(25)26-20-18-21(17-19-24)27-28(5,6)23(2,3)4/h21,24H,7-20H2,1-6H3. The van der Waals surface area contributed by atoms with E-state index in [2.05, 4.69) is 40.8 Å². The number of rotatable bonds is 17. The number of carbonyl (C=O) groups is 1. The van der Waals surface area contributed by atoms with E-state index in [4.69, 9.17) is 9.16 Å². The smallest absolute Gasteiger partial charge is 0.305 e. The van der Waals surface area contributed by atoms with E-state index in [0.717, 1.165) is 12.8 Å². The molecule has 0 radical (unpaired) electrons. The highest BCUT2D eigenvalue weighted by atomic mass is 28.4. The molecule has 0 saturated carbocycles. The molecule has 28 heavy (non-hydrogen) atoms. The molecule has 0 aromatic carbocycles. The predicted molar refractivity (Wildman–Crippen MR) is 121 cm³/mol. The molecule has 168 valence electrons. The third-order valence-electron chi connectivity index (χ3n) is 5.91. The van der Waals surface area contributed by atoms with Gasteiger partial charge in [0.1, 0.15) is 0 Å². The van der Waals surface area contributed by atoms with Gasteiger partial charge in [-0.1, -0.05) is 79.1 Å². The first-order valence-corrected chi connectivity index (χ1v) is 14.5. The van der Waals surface area contributed by atoms with Gasteiger partial charge in [0.05, 0.1) is 12.7 Å². The van der Waals surface area contributed by atoms with Gasteiger partial charge in [0.25, 0.3) is 0 Å². The second-order valence-electron chi connectivity index (χ2n) is 9.60. The summed E-state index contributed by atoms with van der Waals surface area (Å²) in [6, 6.07) is 0. The molecule has 0 heterocycles. The zero-order chi connectivity index (χ0) is 21.5. The van der Waals surface area contributed by atoms with Crippen LogP contribution in [0.1, 0.15) is 105 Å². The summed E-state index contributed by atoms with van der Waals surface area (Å²) in [5.74, 6) is -0.0991. The van der Waals surface area contributed by atoms with Crippen molar-refractivity contribution in [1.82, 2.24) is 0 Å². The van der Waals surface area contributed by atoms with Crippen LogP contribution in [0.2, 0.25) is 18.1 Å². The van der Waals surface area contributed by atoms with Gasteiger partial charge in [0, 0.05) is 19.4 Å². The minimum Gasteiger partial charge on any atom is -0.466 e. The molecule has 1 unspecified atom stereocenters. The third kappa shape index (κ3) is 13.7. The Morgan fingerprint density at radius 2 is 1.46 bits per heavy atom. The van der Waals surface area contributed by atoms with Gasteiger partial charge < -0.3 is 14.3 Å². The Bertz CT molecular complexity index is 391. The Morgan fingerprint density at radius 3 is 1.96 bits per heavy atom. The monoisotopic (exact) mass is 416 g/mol. The van der Waals surface area contributed by atoms with E-state index in [1.165, 1.54) is 44.9 Å². The van der Waals surface area contributed by atoms with Crippen molar-refractivity contribution in [3.63, 3.8) is 0 Å². The number of hydrogen-bond acceptors (Lipinski definition) is 4. The first kappa shape index (κ1) is 27.6. The molecule has 0 aliphatic rings. The van der Waals surface area contributed by atoms with Gasteiger partial charge in [-0.3, -0.25) is 4.79 Å². The van der Waals surface area contributed by atoms with Crippen molar-refractivity contribution in [3.05, 3.63) is 0 Å². The van der Waals surface area contributed by atoms with Crippen molar-refractivity contribution in [2.75, 3.05) is 13.2 Å². The van der Waals surface area contributed by atoms with Crippen LogP contribution in [0.5, 0.6) is 0 Å². The molecule has 0 aliphatic carbocycles. The molecule has 0 spiro atoms. The molecule has 5 heteroatoms. The highest BCUT2D eigenvalue weighted by Crippen LogP contribution is 2.37. The molecule has 0 aliphatic heterocycles. The van der Waals surface area contributed by atoms with Crippen molar-refractivity contribution < 1.29 is 19.1 Å². The van der Waals surface area contributed by atoms with Crippen LogP contribution < -0.4 is 0 Å². The lowest BCUT2D eigenvalue weighted by Gasteiger charge is -2.39. The van der Waals surface area contributed by atoms with E-state index in [1.54, 1.807) is 0 Å². The van der Waals surface area contributed by atoms with E-state index in [9.17, 15) is 9.90 Å². The highest BCUT2D eigenvalue weighted by Gasteiger charge is 2.38. The van der Waals surface area contributed by atoms with Crippen LogP contribution >= 0.6 is 0 Å². The topological polar surface area (TPSA) is 55.8 Å². The van der Waals surface area contributed by atoms with E-state index in [-0.39, 0.29) is 23.7 Å². The fourth-order valence-electron chi connectivity index (χ4n) is 2.96. The predicted octanol–water partition coefficient (Wildman–Crippen LogP) is 6.61. The average Bonchev–Trinajstić information content (AvgIpc) is 2.59. The number of aliphatic hydroxyl groups excluding tert-OH is 1. The van der Waals surface area contributed by atoms with Crippen molar-refractivity contribution >= 4 is 14.3 Å². The summed E-state index contributed by atoms with van der Waals surface area (Å²) in [6.45, 7) is 13.8. The first-order valence-electron chi connectivity index (χ1n) is 11.6. The summed E-state index contributed by atoms with van der Waals surface area (Å²) >= 11 is 0. The number of ether oxygens (including phenoxy) is 1. The number of carbonyl (C=O) groups excluding carboxylic acids is 1. The average molecular weight is 417 g/mol. The number of hydrogen-bond donors (Lipinski definition) is 1. The first-order chi connectivity index (χ1) is 13.1. The zero-order valence-corrected chi connectivity index (χ0v) is 20.6. The lowest BCUT2D eigenvalue weighted by atomic mass is 10.1. The lowest BCUT2D eigenvalue weighted by molar-refractivity contribution is -0.144. The minimum absolute atomic E-state index is 0.0357. The van der Waals surface area contributed by atoms with Crippen molar-refractivity contribution in [2.45, 2.75) is 129 Å². The van der Waals surface area contributed by atoms with E-state index in [0.29, 0.717) is 25.9 Å². The Labute approximate surface area is 175 Å². The lowest BCUT2D eigenvalue weighted by Crippen LogP contribution is -2.44. The van der Waals surface area contributed by atoms with Crippen molar-refractivity contribution in [3.8, 4) is 0 Å². The maximum atomic E-state index is 11.9. The van der Waals surface area contributed by atoms with Gasteiger partial charge in [-0.15, -0.1) is 0 Å². The van der Waals surface area contributed by atoms with Gasteiger partial charge in [0.2, 0.25) is 0 Å². The van der Waals surface area contributed by atoms with Gasteiger partial charge in [-0.2, -0.15) is 0 Å². The molecule has 0 aromatic rings. The molecule has 0 fully saturated rings. The molecule has 0 amide bonds. The van der Waals surface area contributed by atoms with Crippen molar-refractivity contribution in [2.24, 2.45) is 0 Å². The maximum Gasteiger partial charge on any atom is 0.305 e. The number of esters is 1. The Hall–Kier alpha value is -0.393. The van der Waals surface area contributed by atoms with Gasteiger partial charge in [-0.25, -0.2) is 0 Å². The van der Waals surface area contributed by atoms with Crippen LogP contribution in [-0.2, 0) is 14.0 Å². The number of unbranched alkanes of at least 4 members (excludes halogenated alkanes) is 8. The van der Waals surface area contributed by atoms with Crippen LogP contribution in [0.3, 0.4) is 0 Å². The van der Waals surface area contributed by atoms with Crippen LogP contribution in [0, 0.1) is 0 Å². The largest absolute Gasteiger partial charge is 0.466 e. The van der Waals surface area contributed by atoms with Crippen LogP contribution in [0.25, 0.3) is 0 Å². The molecule has 1 N–H and O–H groups in total. The Kier molecular flexibility index (Phi) is 15.2. The molecular weight excluding hydrogens is 368 g/mol. The van der Waals surface area contributed by atoms with Crippen molar-refractivity contribution in [1.29, 1.82) is 0 Å². The minimum atomic E-state index is -1.88. The normalized spacial score (nSPS) is 13.5.